The fraction of sp³-hybridized carbons (Fsp3) is 0.158. The molecule has 0 atom stereocenters. The van der Waals surface area contributed by atoms with Crippen LogP contribution in [0.2, 0.25) is 0 Å². The zero-order valence-electron chi connectivity index (χ0n) is 13.3. The normalized spacial score (nSPS) is 10.7. The molecule has 1 aromatic heterocycles. The predicted molar refractivity (Wildman–Crippen MR) is 91.1 cm³/mol. The van der Waals surface area contributed by atoms with Crippen LogP contribution in [-0.4, -0.2) is 5.91 Å². The van der Waals surface area contributed by atoms with Crippen molar-refractivity contribution in [3.63, 3.8) is 0 Å². The molecule has 0 spiro atoms. The first kappa shape index (κ1) is 15.0. The number of carbonyl (C=O) groups excluding carboxylic acids is 1. The summed E-state index contributed by atoms with van der Waals surface area (Å²) >= 11 is 0. The number of fused-ring (bicyclic) bond motifs is 1. The summed E-state index contributed by atoms with van der Waals surface area (Å²) in [4.78, 5) is 24.7. The van der Waals surface area contributed by atoms with Crippen LogP contribution in [0.15, 0.2) is 51.7 Å². The molecule has 0 fully saturated rings. The van der Waals surface area contributed by atoms with Crippen LogP contribution in [-0.2, 0) is 0 Å². The average molecular weight is 307 g/mol. The highest BCUT2D eigenvalue weighted by Crippen LogP contribution is 2.21. The van der Waals surface area contributed by atoms with Crippen molar-refractivity contribution in [3.8, 4) is 0 Å². The van der Waals surface area contributed by atoms with E-state index in [0.29, 0.717) is 11.0 Å². The Morgan fingerprint density at radius 1 is 0.957 bits per heavy atom. The van der Waals surface area contributed by atoms with E-state index in [0.717, 1.165) is 22.4 Å². The number of nitrogens with one attached hydrogen (secondary N) is 1. The minimum atomic E-state index is -0.426. The molecule has 0 radical (unpaired) electrons. The van der Waals surface area contributed by atoms with Gasteiger partial charge >= 0.3 is 0 Å². The molecule has 4 nitrogen and oxygen atoms in total. The molecule has 1 amide bonds. The van der Waals surface area contributed by atoms with Gasteiger partial charge in [0.1, 0.15) is 5.58 Å². The Bertz CT molecular complexity index is 950. The van der Waals surface area contributed by atoms with E-state index in [1.807, 2.05) is 45.0 Å². The van der Waals surface area contributed by atoms with E-state index in [1.54, 1.807) is 12.1 Å². The molecule has 0 unspecified atom stereocenters. The number of rotatable bonds is 2. The Morgan fingerprint density at radius 3 is 2.26 bits per heavy atom. The molecule has 0 saturated heterocycles. The predicted octanol–water partition coefficient (Wildman–Crippen LogP) is 3.97. The van der Waals surface area contributed by atoms with Gasteiger partial charge in [0, 0.05) is 11.8 Å². The number of carbonyl (C=O) groups is 1. The van der Waals surface area contributed by atoms with Gasteiger partial charge in [-0.15, -0.1) is 0 Å². The number of hydrogen-bond donors (Lipinski definition) is 1. The van der Waals surface area contributed by atoms with Gasteiger partial charge in [-0.05, 0) is 43.5 Å². The lowest BCUT2D eigenvalue weighted by Crippen LogP contribution is -2.16. The van der Waals surface area contributed by atoms with Crippen LogP contribution in [0.25, 0.3) is 11.0 Å². The second-order valence-electron chi connectivity index (χ2n) is 5.65. The van der Waals surface area contributed by atoms with Crippen LogP contribution in [0.4, 0.5) is 5.69 Å². The number of aryl methyl sites for hydroxylation is 3. The summed E-state index contributed by atoms with van der Waals surface area (Å²) in [5, 5.41) is 3.31. The number of amides is 1. The van der Waals surface area contributed by atoms with E-state index in [-0.39, 0.29) is 11.2 Å². The minimum absolute atomic E-state index is 0.0134. The van der Waals surface area contributed by atoms with E-state index in [9.17, 15) is 9.59 Å². The van der Waals surface area contributed by atoms with E-state index in [1.165, 1.54) is 6.07 Å². The second kappa shape index (κ2) is 5.72. The van der Waals surface area contributed by atoms with Gasteiger partial charge in [0.2, 0.25) is 0 Å². The molecule has 4 heteroatoms. The van der Waals surface area contributed by atoms with Gasteiger partial charge in [-0.3, -0.25) is 9.59 Å². The van der Waals surface area contributed by atoms with Gasteiger partial charge in [0.05, 0.1) is 5.39 Å². The standard InChI is InChI=1S/C19H17NO3/c1-11-6-4-7-12(2)17(11)20-19(22)16-10-15(21)14-9-5-8-13(3)18(14)23-16/h4-10H,1-3H3,(H,20,22). The van der Waals surface area contributed by atoms with E-state index in [2.05, 4.69) is 5.32 Å². The summed E-state index contributed by atoms with van der Waals surface area (Å²) in [7, 11) is 0. The van der Waals surface area contributed by atoms with Crippen LogP contribution < -0.4 is 10.7 Å². The lowest BCUT2D eigenvalue weighted by Gasteiger charge is -2.11. The third-order valence-corrected chi connectivity index (χ3v) is 3.90. The fourth-order valence-corrected chi connectivity index (χ4v) is 2.62. The Hall–Kier alpha value is -2.88. The molecule has 1 heterocycles. The molecule has 0 aliphatic heterocycles. The summed E-state index contributed by atoms with van der Waals surface area (Å²) in [6, 6.07) is 12.3. The lowest BCUT2D eigenvalue weighted by atomic mass is 10.1. The summed E-state index contributed by atoms with van der Waals surface area (Å²) in [6.07, 6.45) is 0. The number of para-hydroxylation sites is 2. The zero-order chi connectivity index (χ0) is 16.6. The smallest absolute Gasteiger partial charge is 0.291 e. The topological polar surface area (TPSA) is 59.3 Å². The summed E-state index contributed by atoms with van der Waals surface area (Å²) < 4.78 is 5.68. The maximum absolute atomic E-state index is 12.5. The highest BCUT2D eigenvalue weighted by Gasteiger charge is 2.15. The van der Waals surface area contributed by atoms with Crippen molar-refractivity contribution < 1.29 is 9.21 Å². The first-order chi connectivity index (χ1) is 11.0. The van der Waals surface area contributed by atoms with Crippen molar-refractivity contribution in [2.24, 2.45) is 0 Å². The van der Waals surface area contributed by atoms with E-state index >= 15 is 0 Å². The lowest BCUT2D eigenvalue weighted by molar-refractivity contribution is 0.0997. The first-order valence-corrected chi connectivity index (χ1v) is 7.38. The number of benzene rings is 2. The van der Waals surface area contributed by atoms with Gasteiger partial charge in [-0.25, -0.2) is 0 Å². The summed E-state index contributed by atoms with van der Waals surface area (Å²) in [5.74, 6) is -0.413. The average Bonchev–Trinajstić information content (AvgIpc) is 2.52. The Morgan fingerprint density at radius 2 is 1.57 bits per heavy atom. The first-order valence-electron chi connectivity index (χ1n) is 7.38. The second-order valence-corrected chi connectivity index (χ2v) is 5.65. The molecule has 23 heavy (non-hydrogen) atoms. The monoisotopic (exact) mass is 307 g/mol. The van der Waals surface area contributed by atoms with Crippen molar-refractivity contribution in [3.05, 3.63) is 75.1 Å². The van der Waals surface area contributed by atoms with Crippen LogP contribution in [0.5, 0.6) is 0 Å². The number of anilines is 1. The Labute approximate surface area is 133 Å². The molecule has 0 aliphatic carbocycles. The van der Waals surface area contributed by atoms with Crippen molar-refractivity contribution in [2.45, 2.75) is 20.8 Å². The molecule has 3 aromatic rings. The quantitative estimate of drug-likeness (QED) is 0.779. The third-order valence-electron chi connectivity index (χ3n) is 3.90. The molecular weight excluding hydrogens is 290 g/mol. The van der Waals surface area contributed by atoms with Gasteiger partial charge in [0.15, 0.2) is 11.2 Å². The Kier molecular flexibility index (Phi) is 3.74. The van der Waals surface area contributed by atoms with Crippen molar-refractivity contribution in [2.75, 3.05) is 5.32 Å². The number of hydrogen-bond acceptors (Lipinski definition) is 3. The highest BCUT2D eigenvalue weighted by atomic mass is 16.3. The molecule has 3 rings (SSSR count). The van der Waals surface area contributed by atoms with Gasteiger partial charge in [-0.1, -0.05) is 30.3 Å². The van der Waals surface area contributed by atoms with Gasteiger partial charge in [0.25, 0.3) is 5.91 Å². The molecule has 2 aromatic carbocycles. The third kappa shape index (κ3) is 2.75. The van der Waals surface area contributed by atoms with Crippen molar-refractivity contribution >= 4 is 22.6 Å². The van der Waals surface area contributed by atoms with Crippen molar-refractivity contribution in [1.29, 1.82) is 0 Å². The maximum Gasteiger partial charge on any atom is 0.291 e. The minimum Gasteiger partial charge on any atom is -0.450 e. The molecule has 116 valence electrons. The maximum atomic E-state index is 12.5. The van der Waals surface area contributed by atoms with Crippen LogP contribution in [0, 0.1) is 20.8 Å². The fourth-order valence-electron chi connectivity index (χ4n) is 2.62. The van der Waals surface area contributed by atoms with Crippen molar-refractivity contribution in [1.82, 2.24) is 0 Å². The largest absolute Gasteiger partial charge is 0.450 e. The Balaban J connectivity index is 2.05. The molecule has 1 N–H and O–H groups in total. The van der Waals surface area contributed by atoms with Gasteiger partial charge < -0.3 is 9.73 Å². The van der Waals surface area contributed by atoms with Gasteiger partial charge in [-0.2, -0.15) is 0 Å². The zero-order valence-corrected chi connectivity index (χ0v) is 13.3. The molecule has 0 saturated carbocycles. The van der Waals surface area contributed by atoms with Crippen LogP contribution in [0.3, 0.4) is 0 Å². The van der Waals surface area contributed by atoms with E-state index < -0.39 is 5.91 Å². The SMILES string of the molecule is Cc1cccc(C)c1NC(=O)c1cc(=O)c2cccc(C)c2o1. The molecule has 0 bridgehead atoms. The molecular formula is C19H17NO3. The van der Waals surface area contributed by atoms with E-state index in [4.69, 9.17) is 4.42 Å². The summed E-state index contributed by atoms with van der Waals surface area (Å²) in [5.41, 5.74) is 3.70. The van der Waals surface area contributed by atoms with Crippen LogP contribution in [0.1, 0.15) is 27.2 Å². The highest BCUT2D eigenvalue weighted by molar-refractivity contribution is 6.03. The summed E-state index contributed by atoms with van der Waals surface area (Å²) in [6.45, 7) is 5.69. The van der Waals surface area contributed by atoms with Crippen LogP contribution >= 0.6 is 0 Å². The molecule has 0 aliphatic rings.